The zero-order valence-electron chi connectivity index (χ0n) is 11.8. The first-order valence-corrected chi connectivity index (χ1v) is 6.40. The Morgan fingerprint density at radius 3 is 2.45 bits per heavy atom. The van der Waals surface area contributed by atoms with Gasteiger partial charge in [-0.1, -0.05) is 30.3 Å². The van der Waals surface area contributed by atoms with Crippen molar-refractivity contribution in [3.63, 3.8) is 0 Å². The van der Waals surface area contributed by atoms with Gasteiger partial charge in [-0.25, -0.2) is 0 Å². The molecule has 0 bridgehead atoms. The zero-order valence-corrected chi connectivity index (χ0v) is 11.8. The van der Waals surface area contributed by atoms with Crippen molar-refractivity contribution in [1.29, 1.82) is 5.41 Å². The largest absolute Gasteiger partial charge is 0.468 e. The molecule has 3 N–H and O–H groups in total. The van der Waals surface area contributed by atoms with E-state index in [1.54, 1.807) is 0 Å². The smallest absolute Gasteiger partial charge is 0.245 e. The second-order valence-corrected chi connectivity index (χ2v) is 4.68. The Labute approximate surface area is 118 Å². The molecular weight excluding hydrogens is 252 g/mol. The van der Waals surface area contributed by atoms with Gasteiger partial charge in [-0.2, -0.15) is 5.10 Å². The molecule has 1 unspecified atom stereocenters. The molecule has 0 fully saturated rings. The van der Waals surface area contributed by atoms with Crippen molar-refractivity contribution in [3.05, 3.63) is 52.7 Å². The van der Waals surface area contributed by atoms with Crippen LogP contribution in [0.3, 0.4) is 0 Å². The molecule has 0 saturated carbocycles. The number of hydrogen-bond donors (Lipinski definition) is 2. The van der Waals surface area contributed by atoms with Gasteiger partial charge < -0.3 is 10.5 Å². The van der Waals surface area contributed by atoms with E-state index in [1.807, 2.05) is 51.1 Å². The van der Waals surface area contributed by atoms with Crippen LogP contribution in [-0.2, 0) is 0 Å². The fourth-order valence-corrected chi connectivity index (χ4v) is 1.95. The molecule has 1 aromatic carbocycles. The lowest BCUT2D eigenvalue weighted by atomic mass is 10.1. The molecule has 1 aromatic heterocycles. The first kappa shape index (κ1) is 14.0. The minimum Gasteiger partial charge on any atom is -0.468 e. The predicted octanol–water partition coefficient (Wildman–Crippen LogP) is 2.52. The van der Waals surface area contributed by atoms with Crippen LogP contribution < -0.4 is 10.5 Å². The molecule has 0 amide bonds. The fraction of sp³-hybridized carbons (Fsp3) is 0.267. The average Bonchev–Trinajstić information content (AvgIpc) is 2.43. The lowest BCUT2D eigenvalue weighted by molar-refractivity contribution is 0.214. The standard InChI is InChI=1S/C15H18N4O/c1-9-10(2)18-19-15(13(9)14(16)17)20-11(3)12-7-5-4-6-8-12/h4-8,11H,1-3H3,(H3,16,17). The quantitative estimate of drug-likeness (QED) is 0.660. The van der Waals surface area contributed by atoms with Gasteiger partial charge in [0.1, 0.15) is 11.9 Å². The number of aromatic nitrogens is 2. The number of benzene rings is 1. The van der Waals surface area contributed by atoms with Crippen LogP contribution in [0.5, 0.6) is 5.88 Å². The lowest BCUT2D eigenvalue weighted by Crippen LogP contribution is -2.18. The van der Waals surface area contributed by atoms with Crippen molar-refractivity contribution in [1.82, 2.24) is 10.2 Å². The summed E-state index contributed by atoms with van der Waals surface area (Å²) < 4.78 is 5.83. The molecule has 2 rings (SSSR count). The molecule has 104 valence electrons. The molecule has 5 heteroatoms. The van der Waals surface area contributed by atoms with Crippen LogP contribution in [0.25, 0.3) is 0 Å². The number of ether oxygens (including phenoxy) is 1. The summed E-state index contributed by atoms with van der Waals surface area (Å²) in [6.07, 6.45) is -0.189. The van der Waals surface area contributed by atoms with E-state index in [9.17, 15) is 0 Å². The number of nitrogens with one attached hydrogen (secondary N) is 1. The third-order valence-corrected chi connectivity index (χ3v) is 3.25. The Bertz CT molecular complexity index is 625. The Morgan fingerprint density at radius 1 is 1.20 bits per heavy atom. The van der Waals surface area contributed by atoms with Gasteiger partial charge in [-0.3, -0.25) is 5.41 Å². The van der Waals surface area contributed by atoms with E-state index in [0.717, 1.165) is 16.8 Å². The van der Waals surface area contributed by atoms with Crippen LogP contribution in [0.15, 0.2) is 30.3 Å². The van der Waals surface area contributed by atoms with E-state index < -0.39 is 0 Å². The summed E-state index contributed by atoms with van der Waals surface area (Å²) in [5.41, 5.74) is 8.75. The second kappa shape index (κ2) is 5.69. The molecule has 0 aliphatic carbocycles. The van der Waals surface area contributed by atoms with E-state index in [2.05, 4.69) is 10.2 Å². The van der Waals surface area contributed by atoms with Gasteiger partial charge in [0.2, 0.25) is 5.88 Å². The van der Waals surface area contributed by atoms with Crippen molar-refractivity contribution in [2.45, 2.75) is 26.9 Å². The molecule has 1 atom stereocenters. The molecule has 20 heavy (non-hydrogen) atoms. The van der Waals surface area contributed by atoms with Crippen LogP contribution in [0.1, 0.15) is 35.4 Å². The maximum absolute atomic E-state index is 7.69. The summed E-state index contributed by atoms with van der Waals surface area (Å²) in [5.74, 6) is 0.243. The Balaban J connectivity index is 2.35. The van der Waals surface area contributed by atoms with Crippen molar-refractivity contribution in [2.75, 3.05) is 0 Å². The molecule has 0 saturated heterocycles. The van der Waals surface area contributed by atoms with Crippen LogP contribution in [-0.4, -0.2) is 16.0 Å². The molecule has 0 spiro atoms. The topological polar surface area (TPSA) is 84.9 Å². The molecule has 2 aromatic rings. The highest BCUT2D eigenvalue weighted by molar-refractivity contribution is 5.98. The number of aryl methyl sites for hydroxylation is 1. The van der Waals surface area contributed by atoms with Gasteiger partial charge in [-0.15, -0.1) is 5.10 Å². The first-order chi connectivity index (χ1) is 9.50. The van der Waals surface area contributed by atoms with Crippen molar-refractivity contribution < 1.29 is 4.74 Å². The summed E-state index contributed by atoms with van der Waals surface area (Å²) >= 11 is 0. The third kappa shape index (κ3) is 2.77. The van der Waals surface area contributed by atoms with Gasteiger partial charge in [0.05, 0.1) is 11.3 Å². The normalized spacial score (nSPS) is 11.9. The van der Waals surface area contributed by atoms with Crippen LogP contribution in [0.4, 0.5) is 0 Å². The van der Waals surface area contributed by atoms with E-state index in [-0.39, 0.29) is 11.9 Å². The number of hydrogen-bond acceptors (Lipinski definition) is 4. The molecular formula is C15H18N4O. The number of nitrogens with zero attached hydrogens (tertiary/aromatic N) is 2. The number of nitrogens with two attached hydrogens (primary N) is 1. The number of nitrogen functional groups attached to an aromatic ring is 1. The monoisotopic (exact) mass is 270 g/mol. The van der Waals surface area contributed by atoms with Gasteiger partial charge in [0, 0.05) is 0 Å². The van der Waals surface area contributed by atoms with Gasteiger partial charge in [0.25, 0.3) is 0 Å². The maximum atomic E-state index is 7.69. The molecule has 0 radical (unpaired) electrons. The highest BCUT2D eigenvalue weighted by Gasteiger charge is 2.17. The summed E-state index contributed by atoms with van der Waals surface area (Å²) in [7, 11) is 0. The Kier molecular flexibility index (Phi) is 3.98. The van der Waals surface area contributed by atoms with Crippen molar-refractivity contribution in [2.24, 2.45) is 5.73 Å². The third-order valence-electron chi connectivity index (χ3n) is 3.25. The van der Waals surface area contributed by atoms with Crippen molar-refractivity contribution in [3.8, 4) is 5.88 Å². The zero-order chi connectivity index (χ0) is 14.7. The van der Waals surface area contributed by atoms with E-state index >= 15 is 0 Å². The minimum absolute atomic E-state index is 0.0595. The SMILES string of the molecule is Cc1nnc(OC(C)c2ccccc2)c(C(=N)N)c1C. The van der Waals surface area contributed by atoms with E-state index in [4.69, 9.17) is 15.9 Å². The summed E-state index contributed by atoms with van der Waals surface area (Å²) in [6, 6.07) is 9.81. The maximum Gasteiger partial charge on any atom is 0.245 e. The lowest BCUT2D eigenvalue weighted by Gasteiger charge is -2.17. The summed E-state index contributed by atoms with van der Waals surface area (Å²) in [4.78, 5) is 0. The molecule has 0 aliphatic rings. The van der Waals surface area contributed by atoms with Crippen LogP contribution in [0.2, 0.25) is 0 Å². The van der Waals surface area contributed by atoms with Crippen molar-refractivity contribution >= 4 is 5.84 Å². The van der Waals surface area contributed by atoms with Crippen LogP contribution in [0, 0.1) is 19.3 Å². The second-order valence-electron chi connectivity index (χ2n) is 4.68. The van der Waals surface area contributed by atoms with Gasteiger partial charge >= 0.3 is 0 Å². The summed E-state index contributed by atoms with van der Waals surface area (Å²) in [5, 5.41) is 15.8. The Morgan fingerprint density at radius 2 is 1.85 bits per heavy atom. The minimum atomic E-state index is -0.189. The Hall–Kier alpha value is -2.43. The van der Waals surface area contributed by atoms with E-state index in [0.29, 0.717) is 11.4 Å². The molecule has 0 aliphatic heterocycles. The van der Waals surface area contributed by atoms with Gasteiger partial charge in [-0.05, 0) is 31.9 Å². The highest BCUT2D eigenvalue weighted by atomic mass is 16.5. The fourth-order valence-electron chi connectivity index (χ4n) is 1.95. The number of amidine groups is 1. The highest BCUT2D eigenvalue weighted by Crippen LogP contribution is 2.25. The predicted molar refractivity (Wildman–Crippen MR) is 78.0 cm³/mol. The van der Waals surface area contributed by atoms with Crippen LogP contribution >= 0.6 is 0 Å². The summed E-state index contributed by atoms with van der Waals surface area (Å²) in [6.45, 7) is 5.62. The van der Waals surface area contributed by atoms with E-state index in [1.165, 1.54) is 0 Å². The number of rotatable bonds is 4. The first-order valence-electron chi connectivity index (χ1n) is 6.40. The molecule has 1 heterocycles. The average molecular weight is 270 g/mol. The van der Waals surface area contributed by atoms with Gasteiger partial charge in [0.15, 0.2) is 0 Å². The molecule has 5 nitrogen and oxygen atoms in total.